The zero-order valence-corrected chi connectivity index (χ0v) is 11.4. The fourth-order valence-electron chi connectivity index (χ4n) is 1.82. The molecule has 1 rings (SSSR count). The Hall–Kier alpha value is -1.43. The summed E-state index contributed by atoms with van der Waals surface area (Å²) < 4.78 is 0. The Morgan fingerprint density at radius 3 is 2.50 bits per heavy atom. The van der Waals surface area contributed by atoms with Crippen molar-refractivity contribution in [1.82, 2.24) is 10.2 Å². The van der Waals surface area contributed by atoms with E-state index in [0.29, 0.717) is 6.42 Å². The van der Waals surface area contributed by atoms with Crippen LogP contribution in [0.4, 0.5) is 0 Å². The smallest absolute Gasteiger partial charge is 0.252 e. The van der Waals surface area contributed by atoms with E-state index in [1.54, 1.807) is 20.8 Å². The first-order chi connectivity index (χ1) is 8.19. The van der Waals surface area contributed by atoms with Gasteiger partial charge in [-0.2, -0.15) is 0 Å². The molecule has 1 aliphatic heterocycles. The third kappa shape index (κ3) is 2.25. The number of nitrogens with zero attached hydrogens (tertiary/aromatic N) is 1. The van der Waals surface area contributed by atoms with Crippen molar-refractivity contribution in [2.75, 3.05) is 13.1 Å². The third-order valence-electron chi connectivity index (χ3n) is 3.78. The molecule has 1 aliphatic rings. The second-order valence-electron chi connectivity index (χ2n) is 5.45. The summed E-state index contributed by atoms with van der Waals surface area (Å²) in [5.41, 5.74) is 3.88. The average Bonchev–Trinajstić information content (AvgIpc) is 2.32. The minimum atomic E-state index is -1.03. The molecule has 0 bridgehead atoms. The summed E-state index contributed by atoms with van der Waals surface area (Å²) in [5, 5.41) is 2.24. The molecule has 1 unspecified atom stereocenters. The van der Waals surface area contributed by atoms with Gasteiger partial charge in [0.1, 0.15) is 12.1 Å². The van der Waals surface area contributed by atoms with Gasteiger partial charge in [0.05, 0.1) is 5.41 Å². The van der Waals surface area contributed by atoms with Crippen molar-refractivity contribution >= 4 is 17.7 Å². The van der Waals surface area contributed by atoms with Crippen molar-refractivity contribution < 1.29 is 14.4 Å². The van der Waals surface area contributed by atoms with Crippen LogP contribution < -0.4 is 11.1 Å². The molecule has 6 heteroatoms. The Morgan fingerprint density at radius 2 is 2.06 bits per heavy atom. The molecule has 1 fully saturated rings. The van der Waals surface area contributed by atoms with Crippen molar-refractivity contribution in [1.29, 1.82) is 0 Å². The van der Waals surface area contributed by atoms with Gasteiger partial charge in [-0.05, 0) is 27.2 Å². The number of imide groups is 1. The molecule has 0 aromatic rings. The molecule has 0 radical (unpaired) electrons. The lowest BCUT2D eigenvalue weighted by Gasteiger charge is -2.44. The third-order valence-corrected chi connectivity index (χ3v) is 3.78. The van der Waals surface area contributed by atoms with Gasteiger partial charge in [0.15, 0.2) is 0 Å². The number of nitrogens with two attached hydrogens (primary N) is 1. The Kier molecular flexibility index (Phi) is 3.81. The van der Waals surface area contributed by atoms with E-state index in [1.807, 2.05) is 6.92 Å². The van der Waals surface area contributed by atoms with Crippen LogP contribution in [0.3, 0.4) is 0 Å². The standard InChI is InChI=1S/C12H21N3O3/c1-5-12(4,7-13)10(18)15-6-8(16)14-9(17)11(15,2)3/h5-7,13H2,1-4H3,(H,14,16,17). The summed E-state index contributed by atoms with van der Waals surface area (Å²) in [6.07, 6.45) is 0.560. The summed E-state index contributed by atoms with van der Waals surface area (Å²) in [6, 6.07) is 0. The van der Waals surface area contributed by atoms with Gasteiger partial charge in [-0.15, -0.1) is 0 Å². The summed E-state index contributed by atoms with van der Waals surface area (Å²) in [7, 11) is 0. The van der Waals surface area contributed by atoms with Crippen molar-refractivity contribution in [3.8, 4) is 0 Å². The number of hydrogen-bond donors (Lipinski definition) is 2. The van der Waals surface area contributed by atoms with Crippen molar-refractivity contribution in [3.05, 3.63) is 0 Å². The van der Waals surface area contributed by atoms with Crippen LogP contribution in [0, 0.1) is 5.41 Å². The highest BCUT2D eigenvalue weighted by atomic mass is 16.2. The number of nitrogens with one attached hydrogen (secondary N) is 1. The maximum atomic E-state index is 12.5. The summed E-state index contributed by atoms with van der Waals surface area (Å²) in [5.74, 6) is -1.16. The number of amides is 3. The number of hydrogen-bond acceptors (Lipinski definition) is 4. The van der Waals surface area contributed by atoms with Gasteiger partial charge in [0.2, 0.25) is 11.8 Å². The highest BCUT2D eigenvalue weighted by Gasteiger charge is 2.47. The molecular formula is C12H21N3O3. The van der Waals surface area contributed by atoms with Gasteiger partial charge in [-0.25, -0.2) is 0 Å². The van der Waals surface area contributed by atoms with Crippen LogP contribution in [0.25, 0.3) is 0 Å². The second kappa shape index (κ2) is 4.68. The van der Waals surface area contributed by atoms with Crippen LogP contribution in [0.5, 0.6) is 0 Å². The number of rotatable bonds is 3. The van der Waals surface area contributed by atoms with Gasteiger partial charge in [0, 0.05) is 6.54 Å². The highest BCUT2D eigenvalue weighted by Crippen LogP contribution is 2.28. The van der Waals surface area contributed by atoms with Crippen molar-refractivity contribution in [3.63, 3.8) is 0 Å². The summed E-state index contributed by atoms with van der Waals surface area (Å²) >= 11 is 0. The van der Waals surface area contributed by atoms with Gasteiger partial charge in [-0.1, -0.05) is 6.92 Å². The minimum Gasteiger partial charge on any atom is -0.329 e. The molecule has 18 heavy (non-hydrogen) atoms. The molecule has 3 amide bonds. The molecule has 0 spiro atoms. The lowest BCUT2D eigenvalue weighted by Crippen LogP contribution is -2.67. The quantitative estimate of drug-likeness (QED) is 0.673. The predicted molar refractivity (Wildman–Crippen MR) is 66.4 cm³/mol. The molecule has 0 aliphatic carbocycles. The van der Waals surface area contributed by atoms with Crippen LogP contribution >= 0.6 is 0 Å². The molecule has 1 heterocycles. The molecule has 1 saturated heterocycles. The molecule has 102 valence electrons. The first-order valence-electron chi connectivity index (χ1n) is 6.05. The zero-order chi connectivity index (χ0) is 14.1. The van der Waals surface area contributed by atoms with Crippen molar-refractivity contribution in [2.45, 2.75) is 39.7 Å². The van der Waals surface area contributed by atoms with E-state index >= 15 is 0 Å². The summed E-state index contributed by atoms with van der Waals surface area (Å²) in [4.78, 5) is 37.0. The van der Waals surface area contributed by atoms with E-state index in [2.05, 4.69) is 5.32 Å². The molecule has 0 aromatic carbocycles. The molecule has 0 saturated carbocycles. The van der Waals surface area contributed by atoms with E-state index in [1.165, 1.54) is 4.90 Å². The van der Waals surface area contributed by atoms with Gasteiger partial charge in [-0.3, -0.25) is 19.7 Å². The van der Waals surface area contributed by atoms with E-state index in [-0.39, 0.29) is 19.0 Å². The Labute approximate surface area is 107 Å². The monoisotopic (exact) mass is 255 g/mol. The van der Waals surface area contributed by atoms with E-state index < -0.39 is 22.8 Å². The maximum absolute atomic E-state index is 12.5. The van der Waals surface area contributed by atoms with E-state index in [9.17, 15) is 14.4 Å². The number of carbonyl (C=O) groups is 3. The Morgan fingerprint density at radius 1 is 1.50 bits per heavy atom. The Bertz CT molecular complexity index is 386. The largest absolute Gasteiger partial charge is 0.329 e. The van der Waals surface area contributed by atoms with Crippen LogP contribution in [-0.2, 0) is 14.4 Å². The first-order valence-corrected chi connectivity index (χ1v) is 6.05. The predicted octanol–water partition coefficient (Wildman–Crippen LogP) is -0.375. The normalized spacial score (nSPS) is 22.4. The molecule has 0 aromatic heterocycles. The molecule has 1 atom stereocenters. The van der Waals surface area contributed by atoms with Crippen LogP contribution in [0.2, 0.25) is 0 Å². The number of carbonyl (C=O) groups excluding carboxylic acids is 3. The van der Waals surface area contributed by atoms with E-state index in [0.717, 1.165) is 0 Å². The molecule has 6 nitrogen and oxygen atoms in total. The fourth-order valence-corrected chi connectivity index (χ4v) is 1.82. The second-order valence-corrected chi connectivity index (χ2v) is 5.45. The number of piperazine rings is 1. The van der Waals surface area contributed by atoms with Crippen molar-refractivity contribution in [2.24, 2.45) is 11.1 Å². The average molecular weight is 255 g/mol. The lowest BCUT2D eigenvalue weighted by atomic mass is 9.83. The topological polar surface area (TPSA) is 92.5 Å². The SMILES string of the molecule is CCC(C)(CN)C(=O)N1CC(=O)NC(=O)C1(C)C. The lowest BCUT2D eigenvalue weighted by molar-refractivity contribution is -0.160. The summed E-state index contributed by atoms with van der Waals surface area (Å²) in [6.45, 7) is 6.95. The first kappa shape index (κ1) is 14.6. The Balaban J connectivity index is 3.10. The van der Waals surface area contributed by atoms with E-state index in [4.69, 9.17) is 5.73 Å². The molecular weight excluding hydrogens is 234 g/mol. The highest BCUT2D eigenvalue weighted by molar-refractivity contribution is 6.06. The van der Waals surface area contributed by atoms with Crippen LogP contribution in [0.1, 0.15) is 34.1 Å². The van der Waals surface area contributed by atoms with Crippen LogP contribution in [-0.4, -0.2) is 41.2 Å². The van der Waals surface area contributed by atoms with Gasteiger partial charge >= 0.3 is 0 Å². The zero-order valence-electron chi connectivity index (χ0n) is 11.4. The minimum absolute atomic E-state index is 0.104. The van der Waals surface area contributed by atoms with Crippen LogP contribution in [0.15, 0.2) is 0 Å². The maximum Gasteiger partial charge on any atom is 0.252 e. The van der Waals surface area contributed by atoms with Gasteiger partial charge in [0.25, 0.3) is 5.91 Å². The van der Waals surface area contributed by atoms with Gasteiger partial charge < -0.3 is 10.6 Å². The fraction of sp³-hybridized carbons (Fsp3) is 0.750. The molecule has 3 N–H and O–H groups in total.